The molecule has 0 aliphatic rings. The van der Waals surface area contributed by atoms with Gasteiger partial charge in [-0.15, -0.1) is 12.4 Å². The Morgan fingerprint density at radius 3 is 2.43 bits per heavy atom. The molecule has 0 aromatic heterocycles. The van der Waals surface area contributed by atoms with Gasteiger partial charge in [0.2, 0.25) is 5.91 Å². The molecule has 0 aliphatic carbocycles. The van der Waals surface area contributed by atoms with Crippen molar-refractivity contribution in [2.75, 3.05) is 13.7 Å². The Labute approximate surface area is 133 Å². The highest BCUT2D eigenvalue weighted by molar-refractivity contribution is 5.85. The lowest BCUT2D eigenvalue weighted by Crippen LogP contribution is -2.47. The quantitative estimate of drug-likeness (QED) is 0.811. The van der Waals surface area contributed by atoms with Crippen LogP contribution in [0.1, 0.15) is 32.8 Å². The second kappa shape index (κ2) is 9.03. The molecular weight excluding hydrogens is 288 g/mol. The third kappa shape index (κ3) is 6.46. The molecule has 0 heterocycles. The van der Waals surface area contributed by atoms with Crippen LogP contribution in [-0.4, -0.2) is 31.7 Å². The molecule has 0 radical (unpaired) electrons. The minimum atomic E-state index is -0.609. The van der Waals surface area contributed by atoms with Crippen LogP contribution in [0, 0.1) is 0 Å². The Morgan fingerprint density at radius 2 is 1.90 bits per heavy atom. The number of nitrogens with one attached hydrogen (secondary N) is 1. The normalized spacial score (nSPS) is 14.0. The predicted octanol–water partition coefficient (Wildman–Crippen LogP) is 2.25. The molecule has 1 aromatic rings. The van der Waals surface area contributed by atoms with Gasteiger partial charge < -0.3 is 15.8 Å². The number of amides is 1. The Balaban J connectivity index is 0.00000400. The summed E-state index contributed by atoms with van der Waals surface area (Å²) in [5, 5.41) is 2.95. The van der Waals surface area contributed by atoms with E-state index in [9.17, 15) is 4.79 Å². The first-order valence-corrected chi connectivity index (χ1v) is 6.97. The molecule has 0 fully saturated rings. The number of ether oxygens (including phenoxy) is 1. The first-order chi connectivity index (χ1) is 9.36. The van der Waals surface area contributed by atoms with Crippen LogP contribution in [0.5, 0.6) is 0 Å². The Hall–Kier alpha value is -1.10. The molecule has 4 nitrogen and oxygen atoms in total. The SMILES string of the molecule is COCC(N)C(=O)NC(C)CC(C)(C)c1ccccc1.Cl. The van der Waals surface area contributed by atoms with Gasteiger partial charge in [-0.2, -0.15) is 0 Å². The molecule has 0 aliphatic heterocycles. The van der Waals surface area contributed by atoms with Crippen molar-refractivity contribution in [2.24, 2.45) is 5.73 Å². The number of carbonyl (C=O) groups excluding carboxylic acids is 1. The molecule has 1 aromatic carbocycles. The van der Waals surface area contributed by atoms with E-state index in [0.29, 0.717) is 0 Å². The van der Waals surface area contributed by atoms with Crippen molar-refractivity contribution in [3.05, 3.63) is 35.9 Å². The van der Waals surface area contributed by atoms with E-state index in [1.54, 1.807) is 0 Å². The standard InChI is InChI=1S/C16H26N2O2.ClH/c1-12(18-15(19)14(17)11-20-4)10-16(2,3)13-8-6-5-7-9-13;/h5-9,12,14H,10-11,17H2,1-4H3,(H,18,19);1H. The van der Waals surface area contributed by atoms with E-state index < -0.39 is 6.04 Å². The summed E-state index contributed by atoms with van der Waals surface area (Å²) in [5.74, 6) is -0.164. The smallest absolute Gasteiger partial charge is 0.239 e. The summed E-state index contributed by atoms with van der Waals surface area (Å²) in [6, 6.07) is 9.76. The zero-order valence-electron chi connectivity index (χ0n) is 13.3. The molecule has 2 atom stereocenters. The number of hydrogen-bond acceptors (Lipinski definition) is 3. The van der Waals surface area contributed by atoms with Gasteiger partial charge in [-0.1, -0.05) is 44.2 Å². The van der Waals surface area contributed by atoms with E-state index in [2.05, 4.69) is 31.3 Å². The minimum absolute atomic E-state index is 0. The van der Waals surface area contributed by atoms with Crippen LogP contribution in [-0.2, 0) is 14.9 Å². The van der Waals surface area contributed by atoms with Gasteiger partial charge in [-0.25, -0.2) is 0 Å². The van der Waals surface area contributed by atoms with E-state index >= 15 is 0 Å². The van der Waals surface area contributed by atoms with Crippen molar-refractivity contribution in [3.63, 3.8) is 0 Å². The molecule has 21 heavy (non-hydrogen) atoms. The van der Waals surface area contributed by atoms with E-state index in [4.69, 9.17) is 10.5 Å². The second-order valence-electron chi connectivity index (χ2n) is 5.93. The van der Waals surface area contributed by atoms with Crippen LogP contribution in [0.2, 0.25) is 0 Å². The van der Waals surface area contributed by atoms with Crippen LogP contribution < -0.4 is 11.1 Å². The first-order valence-electron chi connectivity index (χ1n) is 6.97. The Kier molecular flexibility index (Phi) is 8.55. The molecule has 2 unspecified atom stereocenters. The van der Waals surface area contributed by atoms with Gasteiger partial charge in [-0.05, 0) is 24.3 Å². The summed E-state index contributed by atoms with van der Waals surface area (Å²) >= 11 is 0. The van der Waals surface area contributed by atoms with Crippen LogP contribution in [0.4, 0.5) is 0 Å². The number of carbonyl (C=O) groups is 1. The van der Waals surface area contributed by atoms with Crippen molar-refractivity contribution in [1.82, 2.24) is 5.32 Å². The number of methoxy groups -OCH3 is 1. The zero-order valence-corrected chi connectivity index (χ0v) is 14.1. The highest BCUT2D eigenvalue weighted by Crippen LogP contribution is 2.28. The van der Waals surface area contributed by atoms with Crippen LogP contribution in [0.3, 0.4) is 0 Å². The van der Waals surface area contributed by atoms with Crippen molar-refractivity contribution in [1.29, 1.82) is 0 Å². The maximum Gasteiger partial charge on any atom is 0.239 e. The van der Waals surface area contributed by atoms with Gasteiger partial charge in [0.15, 0.2) is 0 Å². The van der Waals surface area contributed by atoms with Gasteiger partial charge in [-0.3, -0.25) is 4.79 Å². The Morgan fingerprint density at radius 1 is 1.33 bits per heavy atom. The van der Waals surface area contributed by atoms with Crippen molar-refractivity contribution in [2.45, 2.75) is 44.7 Å². The molecule has 0 saturated carbocycles. The zero-order chi connectivity index (χ0) is 15.2. The fourth-order valence-corrected chi connectivity index (χ4v) is 2.43. The van der Waals surface area contributed by atoms with Gasteiger partial charge in [0.25, 0.3) is 0 Å². The molecule has 0 bridgehead atoms. The lowest BCUT2D eigenvalue weighted by molar-refractivity contribution is -0.124. The maximum atomic E-state index is 11.8. The van der Waals surface area contributed by atoms with Crippen LogP contribution in [0.15, 0.2) is 30.3 Å². The summed E-state index contributed by atoms with van der Waals surface area (Å²) in [7, 11) is 1.54. The van der Waals surface area contributed by atoms with E-state index in [0.717, 1.165) is 6.42 Å². The number of benzene rings is 1. The molecule has 1 amide bonds. The van der Waals surface area contributed by atoms with E-state index in [-0.39, 0.29) is 36.4 Å². The van der Waals surface area contributed by atoms with Crippen LogP contribution in [0.25, 0.3) is 0 Å². The van der Waals surface area contributed by atoms with Gasteiger partial charge in [0.1, 0.15) is 6.04 Å². The molecular formula is C16H27ClN2O2. The summed E-state index contributed by atoms with van der Waals surface area (Å²) in [4.78, 5) is 11.8. The average molecular weight is 315 g/mol. The van der Waals surface area contributed by atoms with Gasteiger partial charge in [0, 0.05) is 13.2 Å². The number of rotatable bonds is 7. The molecule has 3 N–H and O–H groups in total. The average Bonchev–Trinajstić information content (AvgIpc) is 2.39. The van der Waals surface area contributed by atoms with Crippen molar-refractivity contribution >= 4 is 18.3 Å². The molecule has 0 spiro atoms. The predicted molar refractivity (Wildman–Crippen MR) is 88.8 cm³/mol. The summed E-state index contributed by atoms with van der Waals surface area (Å²) in [5.41, 5.74) is 6.98. The topological polar surface area (TPSA) is 64.3 Å². The highest BCUT2D eigenvalue weighted by Gasteiger charge is 2.25. The number of nitrogens with two attached hydrogens (primary N) is 1. The molecule has 1 rings (SSSR count). The largest absolute Gasteiger partial charge is 0.383 e. The summed E-state index contributed by atoms with van der Waals surface area (Å²) in [6.07, 6.45) is 0.850. The van der Waals surface area contributed by atoms with Crippen molar-refractivity contribution < 1.29 is 9.53 Å². The lowest BCUT2D eigenvalue weighted by atomic mass is 9.79. The maximum absolute atomic E-state index is 11.8. The lowest BCUT2D eigenvalue weighted by Gasteiger charge is -2.29. The Bertz CT molecular complexity index is 424. The van der Waals surface area contributed by atoms with Crippen molar-refractivity contribution in [3.8, 4) is 0 Å². The molecule has 0 saturated heterocycles. The number of halogens is 1. The summed E-state index contributed by atoms with van der Waals surface area (Å²) < 4.78 is 4.89. The fourth-order valence-electron chi connectivity index (χ4n) is 2.43. The number of hydrogen-bond donors (Lipinski definition) is 2. The highest BCUT2D eigenvalue weighted by atomic mass is 35.5. The second-order valence-corrected chi connectivity index (χ2v) is 5.93. The monoisotopic (exact) mass is 314 g/mol. The van der Waals surface area contributed by atoms with Crippen LogP contribution >= 0.6 is 12.4 Å². The third-order valence-electron chi connectivity index (χ3n) is 3.44. The first kappa shape index (κ1) is 19.9. The van der Waals surface area contributed by atoms with E-state index in [1.807, 2.05) is 25.1 Å². The summed E-state index contributed by atoms with van der Waals surface area (Å²) in [6.45, 7) is 6.60. The minimum Gasteiger partial charge on any atom is -0.383 e. The van der Waals surface area contributed by atoms with Gasteiger partial charge >= 0.3 is 0 Å². The van der Waals surface area contributed by atoms with E-state index in [1.165, 1.54) is 12.7 Å². The third-order valence-corrected chi connectivity index (χ3v) is 3.44. The van der Waals surface area contributed by atoms with Gasteiger partial charge in [0.05, 0.1) is 6.61 Å². The fraction of sp³-hybridized carbons (Fsp3) is 0.562. The molecule has 120 valence electrons. The molecule has 5 heteroatoms.